The standard InChI is InChI=1S/C15H20N2S/c1-11(2)18-10-15(16-3)13-7-6-12-5-4-8-17-14(12)9-13/h4-9,11,15-16H,10H2,1-3H3. The summed E-state index contributed by atoms with van der Waals surface area (Å²) in [6.45, 7) is 4.47. The SMILES string of the molecule is CNC(CSC(C)C)c1ccc2cccnc2c1. The molecule has 1 atom stereocenters. The minimum Gasteiger partial charge on any atom is -0.312 e. The Bertz CT molecular complexity index is 511. The fraction of sp³-hybridized carbons (Fsp3) is 0.400. The maximum absolute atomic E-state index is 4.42. The topological polar surface area (TPSA) is 24.9 Å². The van der Waals surface area contributed by atoms with Gasteiger partial charge >= 0.3 is 0 Å². The number of nitrogens with one attached hydrogen (secondary N) is 1. The molecule has 0 aliphatic carbocycles. The van der Waals surface area contributed by atoms with Gasteiger partial charge in [0.25, 0.3) is 0 Å². The van der Waals surface area contributed by atoms with Crippen LogP contribution in [0.25, 0.3) is 10.9 Å². The van der Waals surface area contributed by atoms with Crippen LogP contribution in [0, 0.1) is 0 Å². The summed E-state index contributed by atoms with van der Waals surface area (Å²) in [5, 5.41) is 5.26. The van der Waals surface area contributed by atoms with Crippen LogP contribution in [-0.4, -0.2) is 23.0 Å². The Kier molecular flexibility index (Phi) is 4.61. The highest BCUT2D eigenvalue weighted by Gasteiger charge is 2.10. The molecule has 2 rings (SSSR count). The van der Waals surface area contributed by atoms with E-state index in [4.69, 9.17) is 0 Å². The average Bonchev–Trinajstić information content (AvgIpc) is 2.39. The Hall–Kier alpha value is -1.06. The van der Waals surface area contributed by atoms with Gasteiger partial charge in [0.2, 0.25) is 0 Å². The first-order valence-electron chi connectivity index (χ1n) is 6.34. The van der Waals surface area contributed by atoms with Crippen molar-refractivity contribution in [2.45, 2.75) is 25.1 Å². The molecule has 1 unspecified atom stereocenters. The first-order chi connectivity index (χ1) is 8.70. The fourth-order valence-electron chi connectivity index (χ4n) is 1.94. The first-order valence-corrected chi connectivity index (χ1v) is 7.39. The van der Waals surface area contributed by atoms with Crippen molar-refractivity contribution in [3.63, 3.8) is 0 Å². The normalized spacial score (nSPS) is 13.1. The van der Waals surface area contributed by atoms with E-state index in [0.29, 0.717) is 11.3 Å². The van der Waals surface area contributed by atoms with E-state index in [9.17, 15) is 0 Å². The van der Waals surface area contributed by atoms with Crippen LogP contribution in [0.15, 0.2) is 36.5 Å². The summed E-state index contributed by atoms with van der Waals surface area (Å²) in [4.78, 5) is 4.42. The predicted octanol–water partition coefficient (Wildman–Crippen LogP) is 3.64. The monoisotopic (exact) mass is 260 g/mol. The van der Waals surface area contributed by atoms with Gasteiger partial charge < -0.3 is 5.32 Å². The van der Waals surface area contributed by atoms with Gasteiger partial charge in [0.1, 0.15) is 0 Å². The van der Waals surface area contributed by atoms with Gasteiger partial charge in [-0.15, -0.1) is 0 Å². The van der Waals surface area contributed by atoms with Gasteiger partial charge in [0.15, 0.2) is 0 Å². The smallest absolute Gasteiger partial charge is 0.0705 e. The van der Waals surface area contributed by atoms with E-state index < -0.39 is 0 Å². The largest absolute Gasteiger partial charge is 0.312 e. The Labute approximate surface area is 113 Å². The highest BCUT2D eigenvalue weighted by Crippen LogP contribution is 2.23. The summed E-state index contributed by atoms with van der Waals surface area (Å²) in [6.07, 6.45) is 1.85. The summed E-state index contributed by atoms with van der Waals surface area (Å²) >= 11 is 1.98. The number of thioether (sulfide) groups is 1. The molecule has 96 valence electrons. The Morgan fingerprint density at radius 1 is 1.28 bits per heavy atom. The maximum Gasteiger partial charge on any atom is 0.0705 e. The number of nitrogens with zero attached hydrogens (tertiary/aromatic N) is 1. The summed E-state index contributed by atoms with van der Waals surface area (Å²) in [6, 6.07) is 11.0. The van der Waals surface area contributed by atoms with Crippen LogP contribution in [-0.2, 0) is 0 Å². The lowest BCUT2D eigenvalue weighted by molar-refractivity contribution is 0.661. The highest BCUT2D eigenvalue weighted by atomic mass is 32.2. The molecule has 3 heteroatoms. The van der Waals surface area contributed by atoms with E-state index >= 15 is 0 Å². The van der Waals surface area contributed by atoms with Crippen molar-refractivity contribution in [1.82, 2.24) is 10.3 Å². The highest BCUT2D eigenvalue weighted by molar-refractivity contribution is 7.99. The molecule has 0 amide bonds. The number of pyridine rings is 1. The van der Waals surface area contributed by atoms with E-state index in [2.05, 4.69) is 48.4 Å². The molecule has 18 heavy (non-hydrogen) atoms. The minimum atomic E-state index is 0.392. The second-order valence-corrected chi connectivity index (χ2v) is 6.29. The fourth-order valence-corrected chi connectivity index (χ4v) is 2.87. The molecule has 0 fully saturated rings. The van der Waals surface area contributed by atoms with Crippen LogP contribution in [0.2, 0.25) is 0 Å². The van der Waals surface area contributed by atoms with Crippen molar-refractivity contribution in [2.75, 3.05) is 12.8 Å². The minimum absolute atomic E-state index is 0.392. The summed E-state index contributed by atoms with van der Waals surface area (Å²) in [7, 11) is 2.02. The zero-order valence-electron chi connectivity index (χ0n) is 11.2. The van der Waals surface area contributed by atoms with E-state index in [1.807, 2.05) is 31.1 Å². The van der Waals surface area contributed by atoms with Crippen molar-refractivity contribution in [3.05, 3.63) is 42.1 Å². The molecule has 0 aliphatic rings. The lowest BCUT2D eigenvalue weighted by Gasteiger charge is -2.18. The number of fused-ring (bicyclic) bond motifs is 1. The van der Waals surface area contributed by atoms with E-state index in [1.165, 1.54) is 10.9 Å². The van der Waals surface area contributed by atoms with E-state index in [1.54, 1.807) is 0 Å². The molecule has 1 heterocycles. The number of benzene rings is 1. The average molecular weight is 260 g/mol. The van der Waals surface area contributed by atoms with Gasteiger partial charge in [-0.25, -0.2) is 0 Å². The Balaban J connectivity index is 2.22. The van der Waals surface area contributed by atoms with Crippen molar-refractivity contribution >= 4 is 22.7 Å². The molecule has 1 aromatic carbocycles. The Morgan fingerprint density at radius 3 is 2.83 bits per heavy atom. The van der Waals surface area contributed by atoms with Gasteiger partial charge in [-0.3, -0.25) is 4.98 Å². The van der Waals surface area contributed by atoms with Crippen LogP contribution in [0.5, 0.6) is 0 Å². The van der Waals surface area contributed by atoms with Crippen LogP contribution >= 0.6 is 11.8 Å². The third kappa shape index (κ3) is 3.24. The molecule has 0 radical (unpaired) electrons. The second kappa shape index (κ2) is 6.21. The molecule has 0 saturated carbocycles. The number of aromatic nitrogens is 1. The number of hydrogen-bond donors (Lipinski definition) is 1. The maximum atomic E-state index is 4.42. The van der Waals surface area contributed by atoms with Gasteiger partial charge in [0, 0.05) is 23.4 Å². The third-order valence-corrected chi connectivity index (χ3v) is 4.17. The van der Waals surface area contributed by atoms with E-state index in [-0.39, 0.29) is 0 Å². The van der Waals surface area contributed by atoms with Crippen LogP contribution in [0.3, 0.4) is 0 Å². The van der Waals surface area contributed by atoms with Crippen LogP contribution < -0.4 is 5.32 Å². The van der Waals surface area contributed by atoms with Gasteiger partial charge in [-0.05, 0) is 30.0 Å². The van der Waals surface area contributed by atoms with Crippen LogP contribution in [0.1, 0.15) is 25.5 Å². The molecule has 1 aromatic heterocycles. The quantitative estimate of drug-likeness (QED) is 0.888. The lowest BCUT2D eigenvalue weighted by atomic mass is 10.1. The van der Waals surface area contributed by atoms with Crippen molar-refractivity contribution < 1.29 is 0 Å². The van der Waals surface area contributed by atoms with Gasteiger partial charge in [-0.1, -0.05) is 32.0 Å². The van der Waals surface area contributed by atoms with Crippen molar-refractivity contribution in [1.29, 1.82) is 0 Å². The van der Waals surface area contributed by atoms with Gasteiger partial charge in [0.05, 0.1) is 5.52 Å². The molecule has 0 aliphatic heterocycles. The van der Waals surface area contributed by atoms with Crippen molar-refractivity contribution in [3.8, 4) is 0 Å². The lowest BCUT2D eigenvalue weighted by Crippen LogP contribution is -2.19. The molecule has 1 N–H and O–H groups in total. The zero-order valence-corrected chi connectivity index (χ0v) is 12.0. The zero-order chi connectivity index (χ0) is 13.0. The van der Waals surface area contributed by atoms with Crippen molar-refractivity contribution in [2.24, 2.45) is 0 Å². The number of rotatable bonds is 5. The van der Waals surface area contributed by atoms with Crippen LogP contribution in [0.4, 0.5) is 0 Å². The number of hydrogen-bond acceptors (Lipinski definition) is 3. The molecule has 0 spiro atoms. The molecule has 0 saturated heterocycles. The third-order valence-electron chi connectivity index (χ3n) is 2.98. The van der Waals surface area contributed by atoms with E-state index in [0.717, 1.165) is 11.3 Å². The predicted molar refractivity (Wildman–Crippen MR) is 81.1 cm³/mol. The van der Waals surface area contributed by atoms with Gasteiger partial charge in [-0.2, -0.15) is 11.8 Å². The molecular formula is C15H20N2S. The summed E-state index contributed by atoms with van der Waals surface area (Å²) in [5.74, 6) is 1.09. The molecule has 2 aromatic rings. The summed E-state index contributed by atoms with van der Waals surface area (Å²) < 4.78 is 0. The Morgan fingerprint density at radius 2 is 2.11 bits per heavy atom. The second-order valence-electron chi connectivity index (χ2n) is 4.68. The molecule has 0 bridgehead atoms. The first kappa shape index (κ1) is 13.4. The summed E-state index contributed by atoms with van der Waals surface area (Å²) in [5.41, 5.74) is 2.39. The molecular weight excluding hydrogens is 240 g/mol. The molecule has 2 nitrogen and oxygen atoms in total.